The Morgan fingerprint density at radius 2 is 2.17 bits per heavy atom. The number of carbonyl (C=O) groups is 2. The molecule has 1 aliphatic rings. The average molecular weight is 439 g/mol. The zero-order valence-corrected chi connectivity index (χ0v) is 17.9. The lowest BCUT2D eigenvalue weighted by atomic mass is 9.95. The van der Waals surface area contributed by atoms with Gasteiger partial charge in [-0.05, 0) is 55.7 Å². The van der Waals surface area contributed by atoms with Crippen LogP contribution < -0.4 is 5.49 Å². The van der Waals surface area contributed by atoms with Crippen molar-refractivity contribution in [3.8, 4) is 11.1 Å². The van der Waals surface area contributed by atoms with E-state index in [0.29, 0.717) is 15.4 Å². The van der Waals surface area contributed by atoms with E-state index in [1.54, 1.807) is 24.4 Å². The van der Waals surface area contributed by atoms with Crippen LogP contribution in [0.3, 0.4) is 0 Å². The maximum atomic E-state index is 12.9. The SMILES string of the molecule is CCOC(=O)c1c(-n2nc(C(=O)c3cccs3)cc(C#N)c2=N)sc2c1CCCC2. The number of fused-ring (bicyclic) bond motifs is 1. The van der Waals surface area contributed by atoms with Crippen LogP contribution in [0, 0.1) is 16.7 Å². The minimum absolute atomic E-state index is 0.0195. The fourth-order valence-corrected chi connectivity index (χ4v) is 5.50. The number of ketones is 1. The molecule has 0 fully saturated rings. The van der Waals surface area contributed by atoms with Crippen molar-refractivity contribution in [1.29, 1.82) is 10.7 Å². The van der Waals surface area contributed by atoms with Crippen LogP contribution in [0.1, 0.15) is 61.5 Å². The number of nitrogens with one attached hydrogen (secondary N) is 1. The van der Waals surface area contributed by atoms with Gasteiger partial charge in [0.15, 0.2) is 5.49 Å². The van der Waals surface area contributed by atoms with Crippen LogP contribution >= 0.6 is 22.7 Å². The number of rotatable bonds is 5. The zero-order valence-electron chi connectivity index (χ0n) is 16.2. The fraction of sp³-hybridized carbons (Fsp3) is 0.286. The molecule has 3 aromatic heterocycles. The summed E-state index contributed by atoms with van der Waals surface area (Å²) in [5.41, 5.74) is 1.25. The van der Waals surface area contributed by atoms with Crippen LogP contribution in [0.2, 0.25) is 0 Å². The van der Waals surface area contributed by atoms with Crippen LogP contribution in [0.15, 0.2) is 23.6 Å². The molecule has 1 N–H and O–H groups in total. The number of nitriles is 1. The number of hydrogen-bond acceptors (Lipinski definition) is 8. The summed E-state index contributed by atoms with van der Waals surface area (Å²) in [5.74, 6) is -0.789. The molecule has 0 amide bonds. The van der Waals surface area contributed by atoms with Crippen molar-refractivity contribution in [2.45, 2.75) is 32.6 Å². The van der Waals surface area contributed by atoms with Gasteiger partial charge < -0.3 is 4.74 Å². The van der Waals surface area contributed by atoms with Crippen LogP contribution in [0.5, 0.6) is 0 Å². The first kappa shape index (κ1) is 20.2. The standard InChI is InChI=1S/C21H18N4O3S2/c1-2-28-21(27)17-13-6-3-4-7-15(13)30-20(17)25-19(23)12(11-22)10-14(24-25)18(26)16-8-5-9-29-16/h5,8-10,23H,2-4,6-7H2,1H3. The third kappa shape index (κ3) is 3.49. The number of esters is 1. The van der Waals surface area contributed by atoms with Gasteiger partial charge in [-0.1, -0.05) is 6.07 Å². The molecule has 0 aliphatic heterocycles. The topological polar surface area (TPSA) is 109 Å². The van der Waals surface area contributed by atoms with E-state index in [0.717, 1.165) is 36.1 Å². The van der Waals surface area contributed by atoms with Crippen LogP contribution in [-0.2, 0) is 17.6 Å². The van der Waals surface area contributed by atoms with Crippen molar-refractivity contribution in [3.05, 3.63) is 61.2 Å². The minimum atomic E-state index is -0.464. The van der Waals surface area contributed by atoms with Gasteiger partial charge in [-0.25, -0.2) is 9.48 Å². The molecule has 3 aromatic rings. The third-order valence-corrected chi connectivity index (χ3v) is 7.01. The molecule has 0 saturated heterocycles. The fourth-order valence-electron chi connectivity index (χ4n) is 3.50. The van der Waals surface area contributed by atoms with Gasteiger partial charge in [-0.2, -0.15) is 10.4 Å². The Morgan fingerprint density at radius 1 is 1.37 bits per heavy atom. The molecule has 4 rings (SSSR count). The van der Waals surface area contributed by atoms with Crippen LogP contribution in [-0.4, -0.2) is 28.1 Å². The van der Waals surface area contributed by atoms with Gasteiger partial charge in [-0.15, -0.1) is 22.7 Å². The van der Waals surface area contributed by atoms with E-state index in [4.69, 9.17) is 10.1 Å². The van der Waals surface area contributed by atoms with Crippen molar-refractivity contribution in [3.63, 3.8) is 0 Å². The van der Waals surface area contributed by atoms with Gasteiger partial charge in [0.1, 0.15) is 16.8 Å². The number of thiophene rings is 2. The highest BCUT2D eigenvalue weighted by Gasteiger charge is 2.29. The monoisotopic (exact) mass is 438 g/mol. The molecule has 0 radical (unpaired) electrons. The quantitative estimate of drug-likeness (QED) is 0.483. The van der Waals surface area contributed by atoms with Crippen molar-refractivity contribution in [2.24, 2.45) is 0 Å². The predicted octanol–water partition coefficient (Wildman–Crippen LogP) is 3.63. The largest absolute Gasteiger partial charge is 0.462 e. The second kappa shape index (κ2) is 8.34. The predicted molar refractivity (Wildman–Crippen MR) is 112 cm³/mol. The summed E-state index contributed by atoms with van der Waals surface area (Å²) < 4.78 is 6.53. The maximum Gasteiger partial charge on any atom is 0.341 e. The summed E-state index contributed by atoms with van der Waals surface area (Å²) in [6, 6.07) is 6.76. The Balaban J connectivity index is 1.94. The first-order valence-corrected chi connectivity index (χ1v) is 11.2. The molecule has 9 heteroatoms. The lowest BCUT2D eigenvalue weighted by Crippen LogP contribution is -2.27. The van der Waals surface area contributed by atoms with Gasteiger partial charge in [0.25, 0.3) is 0 Å². The molecule has 152 valence electrons. The van der Waals surface area contributed by atoms with Crippen molar-refractivity contribution in [2.75, 3.05) is 6.61 Å². The van der Waals surface area contributed by atoms with E-state index in [2.05, 4.69) is 5.10 Å². The normalized spacial score (nSPS) is 12.8. The Bertz CT molecular complexity index is 1230. The van der Waals surface area contributed by atoms with Crippen molar-refractivity contribution < 1.29 is 14.3 Å². The molecule has 3 heterocycles. The highest BCUT2D eigenvalue weighted by Crippen LogP contribution is 2.36. The molecule has 30 heavy (non-hydrogen) atoms. The summed E-state index contributed by atoms with van der Waals surface area (Å²) >= 11 is 2.66. The van der Waals surface area contributed by atoms with Crippen molar-refractivity contribution in [1.82, 2.24) is 9.78 Å². The van der Waals surface area contributed by atoms with E-state index in [1.807, 2.05) is 6.07 Å². The van der Waals surface area contributed by atoms with E-state index in [1.165, 1.54) is 33.4 Å². The molecule has 0 spiro atoms. The second-order valence-corrected chi connectivity index (χ2v) is 8.76. The molecule has 0 aromatic carbocycles. The Labute approximate surface area is 180 Å². The van der Waals surface area contributed by atoms with Crippen LogP contribution in [0.25, 0.3) is 5.00 Å². The highest BCUT2D eigenvalue weighted by atomic mass is 32.1. The number of nitrogens with zero attached hydrogens (tertiary/aromatic N) is 3. The molecule has 0 saturated carbocycles. The number of aromatic nitrogens is 2. The number of hydrogen-bond donors (Lipinski definition) is 1. The minimum Gasteiger partial charge on any atom is -0.462 e. The van der Waals surface area contributed by atoms with E-state index in [-0.39, 0.29) is 29.1 Å². The van der Waals surface area contributed by atoms with Gasteiger partial charge >= 0.3 is 5.97 Å². The molecule has 0 bridgehead atoms. The van der Waals surface area contributed by atoms with Gasteiger partial charge in [-0.3, -0.25) is 10.2 Å². The van der Waals surface area contributed by atoms with Crippen molar-refractivity contribution >= 4 is 34.4 Å². The molecule has 7 nitrogen and oxygen atoms in total. The first-order valence-electron chi connectivity index (χ1n) is 9.54. The Kier molecular flexibility index (Phi) is 5.61. The van der Waals surface area contributed by atoms with E-state index in [9.17, 15) is 14.9 Å². The van der Waals surface area contributed by atoms with Gasteiger partial charge in [0.05, 0.1) is 22.6 Å². The van der Waals surface area contributed by atoms with Gasteiger partial charge in [0, 0.05) is 4.88 Å². The first-order chi connectivity index (χ1) is 14.5. The molecule has 1 aliphatic carbocycles. The maximum absolute atomic E-state index is 12.9. The summed E-state index contributed by atoms with van der Waals surface area (Å²) in [6.45, 7) is 1.97. The summed E-state index contributed by atoms with van der Waals surface area (Å²) in [4.78, 5) is 27.2. The molecule has 0 atom stereocenters. The van der Waals surface area contributed by atoms with E-state index < -0.39 is 5.97 Å². The third-order valence-electron chi connectivity index (χ3n) is 4.88. The van der Waals surface area contributed by atoms with Gasteiger partial charge in [0.2, 0.25) is 5.78 Å². The summed E-state index contributed by atoms with van der Waals surface area (Å²) in [6.07, 6.45) is 3.61. The Hall–Kier alpha value is -3.09. The number of aryl methyl sites for hydroxylation is 1. The van der Waals surface area contributed by atoms with Crippen LogP contribution in [0.4, 0.5) is 0 Å². The molecular weight excluding hydrogens is 420 g/mol. The zero-order chi connectivity index (χ0) is 21.3. The molecule has 0 unspecified atom stereocenters. The lowest BCUT2D eigenvalue weighted by molar-refractivity contribution is 0.0525. The lowest BCUT2D eigenvalue weighted by Gasteiger charge is -2.13. The summed E-state index contributed by atoms with van der Waals surface area (Å²) in [7, 11) is 0. The van der Waals surface area contributed by atoms with E-state index >= 15 is 0 Å². The average Bonchev–Trinajstić information content (AvgIpc) is 3.41. The smallest absolute Gasteiger partial charge is 0.341 e. The number of ether oxygens (including phenoxy) is 1. The highest BCUT2D eigenvalue weighted by molar-refractivity contribution is 7.15. The second-order valence-electron chi connectivity index (χ2n) is 6.73. The number of carbonyl (C=O) groups excluding carboxylic acids is 2. The Morgan fingerprint density at radius 3 is 2.87 bits per heavy atom. The summed E-state index contributed by atoms with van der Waals surface area (Å²) in [5, 5.41) is 24.6. The molecular formula is C21H18N4O3S2.